The molecule has 1 saturated heterocycles. The third kappa shape index (κ3) is 10.8. The van der Waals surface area contributed by atoms with E-state index >= 15 is 0 Å². The molecular formula is C37H51F3N10O2. The van der Waals surface area contributed by atoms with Crippen molar-refractivity contribution in [2.45, 2.75) is 95.6 Å². The minimum absolute atomic E-state index is 0.0738. The highest BCUT2D eigenvalue weighted by Crippen LogP contribution is 2.34. The van der Waals surface area contributed by atoms with Crippen molar-refractivity contribution >= 4 is 28.6 Å². The Balaban J connectivity index is 1.25. The molecule has 52 heavy (non-hydrogen) atoms. The fourth-order valence-electron chi connectivity index (χ4n) is 6.80. The number of rotatable bonds is 20. The van der Waals surface area contributed by atoms with Crippen molar-refractivity contribution in [1.29, 1.82) is 0 Å². The van der Waals surface area contributed by atoms with Gasteiger partial charge in [-0.2, -0.15) is 0 Å². The fourth-order valence-corrected chi connectivity index (χ4v) is 6.80. The average molecular weight is 725 g/mol. The van der Waals surface area contributed by atoms with Crippen LogP contribution in [0.2, 0.25) is 0 Å². The highest BCUT2D eigenvalue weighted by atomic mass is 19.3. The molecule has 1 aromatic carbocycles. The van der Waals surface area contributed by atoms with Gasteiger partial charge in [-0.25, -0.2) is 28.1 Å². The van der Waals surface area contributed by atoms with Crippen molar-refractivity contribution in [3.05, 3.63) is 54.5 Å². The number of ether oxygens (including phenoxy) is 1. The maximum Gasteiger partial charge on any atom is 0.257 e. The van der Waals surface area contributed by atoms with Gasteiger partial charge in [-0.05, 0) is 62.1 Å². The van der Waals surface area contributed by atoms with Crippen molar-refractivity contribution in [2.24, 2.45) is 11.5 Å². The summed E-state index contributed by atoms with van der Waals surface area (Å²) in [5, 5.41) is 2.85. The Kier molecular flexibility index (Phi) is 14.0. The third-order valence-electron chi connectivity index (χ3n) is 9.53. The molecule has 12 nitrogen and oxygen atoms in total. The first-order chi connectivity index (χ1) is 25.2. The number of benzene rings is 1. The number of carbonyl (C=O) groups excluding carboxylic acids is 1. The zero-order valence-electron chi connectivity index (χ0n) is 29.7. The molecule has 4 heterocycles. The number of nitrogen functional groups attached to an aromatic ring is 1. The molecule has 0 unspecified atom stereocenters. The standard InChI is InChI=1S/C37H51F3N10O2/c38-28-12-11-26(18-31(28)52-22-33(51)44-15-9-7-5-3-1-2-4-6-8-14-41)29-17-27(21-50-25-48-34-35(42)46-24-47-36(34)50)30(20-45-29)49-16-10-13-37(43,23-49)19-32(39)40/h11-12,17-18,20,24-25,32H,1-10,13-16,19,21-23,41,43H2,(H,44,51)(H2,42,46,47)/t37-/m1/s1. The van der Waals surface area contributed by atoms with Gasteiger partial charge < -0.3 is 36.7 Å². The van der Waals surface area contributed by atoms with E-state index in [1.165, 1.54) is 50.6 Å². The lowest BCUT2D eigenvalue weighted by Gasteiger charge is -2.42. The van der Waals surface area contributed by atoms with Crippen LogP contribution in [-0.4, -0.2) is 75.2 Å². The molecule has 0 aliphatic carbocycles. The predicted molar refractivity (Wildman–Crippen MR) is 197 cm³/mol. The predicted octanol–water partition coefficient (Wildman–Crippen LogP) is 5.58. The molecule has 4 aromatic rings. The number of anilines is 2. The van der Waals surface area contributed by atoms with Crippen LogP contribution >= 0.6 is 0 Å². The lowest BCUT2D eigenvalue weighted by atomic mass is 9.86. The molecule has 0 bridgehead atoms. The van der Waals surface area contributed by atoms with Crippen LogP contribution in [0.1, 0.15) is 82.6 Å². The number of nitrogens with two attached hydrogens (primary N) is 3. The first kappa shape index (κ1) is 38.7. The number of imidazole rings is 1. The maximum atomic E-state index is 14.9. The van der Waals surface area contributed by atoms with Crippen LogP contribution < -0.4 is 32.2 Å². The number of alkyl halides is 2. The summed E-state index contributed by atoms with van der Waals surface area (Å²) < 4.78 is 49.2. The van der Waals surface area contributed by atoms with Crippen molar-refractivity contribution in [2.75, 3.05) is 43.4 Å². The van der Waals surface area contributed by atoms with Crippen molar-refractivity contribution < 1.29 is 22.7 Å². The molecule has 7 N–H and O–H groups in total. The molecule has 1 fully saturated rings. The van der Waals surface area contributed by atoms with Gasteiger partial charge >= 0.3 is 0 Å². The average Bonchev–Trinajstić information content (AvgIpc) is 3.53. The Morgan fingerprint density at radius 3 is 2.50 bits per heavy atom. The number of halogens is 3. The van der Waals surface area contributed by atoms with E-state index in [1.54, 1.807) is 18.6 Å². The second-order valence-electron chi connectivity index (χ2n) is 13.7. The zero-order valence-corrected chi connectivity index (χ0v) is 29.7. The number of pyridine rings is 1. The SMILES string of the molecule is NCCCCCCCCCCCNC(=O)COc1cc(-c2cc(Cn3cnc4c(N)ncnc43)c(N3CCC[C@@](N)(CC(F)F)C3)cn2)ccc1F. The monoisotopic (exact) mass is 724 g/mol. The highest BCUT2D eigenvalue weighted by Gasteiger charge is 2.35. The Bertz CT molecular complexity index is 1760. The van der Waals surface area contributed by atoms with Gasteiger partial charge in [0.05, 0.1) is 30.5 Å². The summed E-state index contributed by atoms with van der Waals surface area (Å²) in [4.78, 5) is 31.9. The Morgan fingerprint density at radius 2 is 1.75 bits per heavy atom. The maximum absolute atomic E-state index is 14.9. The molecule has 0 radical (unpaired) electrons. The summed E-state index contributed by atoms with van der Waals surface area (Å²) in [6.45, 7) is 2.11. The summed E-state index contributed by atoms with van der Waals surface area (Å²) >= 11 is 0. The van der Waals surface area contributed by atoms with Gasteiger partial charge in [0.25, 0.3) is 5.91 Å². The Hall–Kier alpha value is -4.50. The molecule has 1 aliphatic rings. The molecule has 1 atom stereocenters. The van der Waals surface area contributed by atoms with E-state index in [1.807, 2.05) is 15.5 Å². The summed E-state index contributed by atoms with van der Waals surface area (Å²) in [6.07, 6.45) is 13.1. The number of carbonyl (C=O) groups is 1. The number of hydrogen-bond acceptors (Lipinski definition) is 10. The van der Waals surface area contributed by atoms with E-state index in [4.69, 9.17) is 26.9 Å². The van der Waals surface area contributed by atoms with Gasteiger partial charge in [-0.1, -0.05) is 44.9 Å². The smallest absolute Gasteiger partial charge is 0.257 e. The minimum atomic E-state index is -2.52. The number of piperidine rings is 1. The molecule has 15 heteroatoms. The summed E-state index contributed by atoms with van der Waals surface area (Å²) in [5.74, 6) is -0.755. The molecular weight excluding hydrogens is 673 g/mol. The van der Waals surface area contributed by atoms with Crippen LogP contribution in [-0.2, 0) is 11.3 Å². The molecule has 1 aliphatic heterocycles. The summed E-state index contributed by atoms with van der Waals surface area (Å²) in [6, 6.07) is 6.23. The van der Waals surface area contributed by atoms with Crippen molar-refractivity contribution in [1.82, 2.24) is 29.8 Å². The molecule has 0 spiro atoms. The van der Waals surface area contributed by atoms with Gasteiger partial charge in [0, 0.05) is 37.2 Å². The van der Waals surface area contributed by atoms with E-state index in [9.17, 15) is 18.0 Å². The second kappa shape index (κ2) is 18.8. The molecule has 0 saturated carbocycles. The number of fused-ring (bicyclic) bond motifs is 1. The Morgan fingerprint density at radius 1 is 1.00 bits per heavy atom. The van der Waals surface area contributed by atoms with E-state index in [0.29, 0.717) is 54.9 Å². The van der Waals surface area contributed by atoms with Gasteiger partial charge in [-0.3, -0.25) is 9.78 Å². The van der Waals surface area contributed by atoms with Crippen LogP contribution in [0.25, 0.3) is 22.4 Å². The number of nitrogens with one attached hydrogen (secondary N) is 1. The summed E-state index contributed by atoms with van der Waals surface area (Å²) in [7, 11) is 0. The van der Waals surface area contributed by atoms with E-state index in [-0.39, 0.29) is 30.6 Å². The van der Waals surface area contributed by atoms with E-state index < -0.39 is 24.2 Å². The van der Waals surface area contributed by atoms with Crippen molar-refractivity contribution in [3.63, 3.8) is 0 Å². The number of hydrogen-bond donors (Lipinski definition) is 4. The van der Waals surface area contributed by atoms with E-state index in [0.717, 1.165) is 43.5 Å². The van der Waals surface area contributed by atoms with Crippen LogP contribution in [0.3, 0.4) is 0 Å². The number of nitrogens with zero attached hydrogens (tertiary/aromatic N) is 6. The fraction of sp³-hybridized carbons (Fsp3) is 0.541. The minimum Gasteiger partial charge on any atom is -0.481 e. The molecule has 1 amide bonds. The number of amides is 1. The van der Waals surface area contributed by atoms with Gasteiger partial charge in [0.15, 0.2) is 29.6 Å². The van der Waals surface area contributed by atoms with Crippen LogP contribution in [0.15, 0.2) is 43.1 Å². The second-order valence-corrected chi connectivity index (χ2v) is 13.7. The normalized spacial score (nSPS) is 16.2. The summed E-state index contributed by atoms with van der Waals surface area (Å²) in [5.41, 5.74) is 20.6. The van der Waals surface area contributed by atoms with Crippen LogP contribution in [0, 0.1) is 5.82 Å². The topological polar surface area (TPSA) is 176 Å². The first-order valence-electron chi connectivity index (χ1n) is 18.3. The first-order valence-corrected chi connectivity index (χ1v) is 18.3. The lowest BCUT2D eigenvalue weighted by Crippen LogP contribution is -2.55. The third-order valence-corrected chi connectivity index (χ3v) is 9.53. The highest BCUT2D eigenvalue weighted by molar-refractivity contribution is 5.81. The van der Waals surface area contributed by atoms with Crippen LogP contribution in [0.5, 0.6) is 5.75 Å². The quantitative estimate of drug-likeness (QED) is 0.0843. The largest absolute Gasteiger partial charge is 0.481 e. The van der Waals surface area contributed by atoms with Gasteiger partial charge in [-0.15, -0.1) is 0 Å². The van der Waals surface area contributed by atoms with Crippen molar-refractivity contribution in [3.8, 4) is 17.0 Å². The zero-order chi connectivity index (χ0) is 36.9. The Labute approximate surface area is 302 Å². The van der Waals surface area contributed by atoms with Gasteiger partial charge in [0.2, 0.25) is 6.43 Å². The van der Waals surface area contributed by atoms with Gasteiger partial charge in [0.1, 0.15) is 11.8 Å². The molecule has 3 aromatic heterocycles. The number of unbranched alkanes of at least 4 members (excludes halogenated alkanes) is 8. The number of aromatic nitrogens is 5. The van der Waals surface area contributed by atoms with E-state index in [2.05, 4.69) is 20.3 Å². The lowest BCUT2D eigenvalue weighted by molar-refractivity contribution is -0.123. The molecule has 282 valence electrons. The molecule has 5 rings (SSSR count). The van der Waals surface area contributed by atoms with Crippen LogP contribution in [0.4, 0.5) is 24.7 Å².